The molecule has 0 atom stereocenters. The van der Waals surface area contributed by atoms with Crippen molar-refractivity contribution in [1.29, 1.82) is 0 Å². The van der Waals surface area contributed by atoms with Gasteiger partial charge in [0.05, 0.1) is 19.4 Å². The minimum atomic E-state index is -3.37. The third kappa shape index (κ3) is 7.98. The average Bonchev–Trinajstić information content (AvgIpc) is 2.71. The molecule has 3 N–H and O–H groups in total. The third-order valence-corrected chi connectivity index (χ3v) is 5.25. The van der Waals surface area contributed by atoms with Crippen LogP contribution >= 0.6 is 0 Å². The summed E-state index contributed by atoms with van der Waals surface area (Å²) in [5, 5.41) is 6.18. The van der Waals surface area contributed by atoms with Gasteiger partial charge in [-0.15, -0.1) is 0 Å². The molecule has 0 saturated heterocycles. The van der Waals surface area contributed by atoms with Crippen LogP contribution in [0.3, 0.4) is 0 Å². The van der Waals surface area contributed by atoms with E-state index in [1.165, 1.54) is 0 Å². The lowest BCUT2D eigenvalue weighted by molar-refractivity contribution is 0.414. The zero-order chi connectivity index (χ0) is 20.2. The van der Waals surface area contributed by atoms with Crippen LogP contribution in [0.15, 0.2) is 59.6 Å². The monoisotopic (exact) mass is 404 g/mol. The van der Waals surface area contributed by atoms with Gasteiger partial charge in [-0.3, -0.25) is 0 Å². The number of benzene rings is 2. The Kier molecular flexibility index (Phi) is 8.77. The fourth-order valence-electron chi connectivity index (χ4n) is 2.41. The summed E-state index contributed by atoms with van der Waals surface area (Å²) in [7, 11) is -1.75. The number of hydrogen-bond acceptors (Lipinski definition) is 4. The largest absolute Gasteiger partial charge is 0.497 e. The second kappa shape index (κ2) is 11.3. The Morgan fingerprint density at radius 1 is 1.00 bits per heavy atom. The third-order valence-electron chi connectivity index (χ3n) is 3.93. The fraction of sp³-hybridized carbons (Fsp3) is 0.350. The molecule has 2 aromatic rings. The molecule has 0 radical (unpaired) electrons. The molecule has 0 aromatic heterocycles. The van der Waals surface area contributed by atoms with Gasteiger partial charge in [-0.2, -0.15) is 0 Å². The minimum Gasteiger partial charge on any atom is -0.497 e. The van der Waals surface area contributed by atoms with Crippen LogP contribution in [0.1, 0.15) is 18.1 Å². The van der Waals surface area contributed by atoms with E-state index in [0.717, 1.165) is 16.9 Å². The predicted molar refractivity (Wildman–Crippen MR) is 113 cm³/mol. The van der Waals surface area contributed by atoms with Crippen molar-refractivity contribution in [1.82, 2.24) is 15.4 Å². The lowest BCUT2D eigenvalue weighted by atomic mass is 10.2. The van der Waals surface area contributed by atoms with Gasteiger partial charge in [0.15, 0.2) is 5.96 Å². The van der Waals surface area contributed by atoms with E-state index in [-0.39, 0.29) is 18.8 Å². The molecule has 0 aliphatic carbocycles. The summed E-state index contributed by atoms with van der Waals surface area (Å²) in [5.74, 6) is 1.34. The molecule has 0 bridgehead atoms. The van der Waals surface area contributed by atoms with Gasteiger partial charge in [-0.25, -0.2) is 18.1 Å². The molecule has 0 heterocycles. The predicted octanol–water partition coefficient (Wildman–Crippen LogP) is 1.87. The zero-order valence-electron chi connectivity index (χ0n) is 16.3. The van der Waals surface area contributed by atoms with Crippen molar-refractivity contribution in [2.24, 2.45) is 4.99 Å². The second-order valence-electron chi connectivity index (χ2n) is 6.10. The maximum Gasteiger partial charge on any atom is 0.213 e. The Bertz CT molecular complexity index is 838. The van der Waals surface area contributed by atoms with E-state index < -0.39 is 10.0 Å². The smallest absolute Gasteiger partial charge is 0.213 e. The first kappa shape index (κ1) is 21.7. The molecule has 0 aliphatic rings. The van der Waals surface area contributed by atoms with Crippen LogP contribution in [-0.4, -0.2) is 40.3 Å². The van der Waals surface area contributed by atoms with Gasteiger partial charge in [-0.05, 0) is 30.2 Å². The molecule has 0 aliphatic heterocycles. The maximum atomic E-state index is 12.2. The maximum absolute atomic E-state index is 12.2. The Balaban J connectivity index is 1.82. The Labute approximate surface area is 167 Å². The Hall–Kier alpha value is -2.58. The molecule has 0 spiro atoms. The van der Waals surface area contributed by atoms with E-state index in [4.69, 9.17) is 4.74 Å². The SMILES string of the molecule is CCNC(=NCc1ccc(OC)cc1)NCCS(=O)(=O)NCc1ccccc1. The van der Waals surface area contributed by atoms with Crippen molar-refractivity contribution >= 4 is 16.0 Å². The first-order chi connectivity index (χ1) is 13.5. The van der Waals surface area contributed by atoms with Gasteiger partial charge < -0.3 is 15.4 Å². The Morgan fingerprint density at radius 3 is 2.36 bits per heavy atom. The number of hydrogen-bond donors (Lipinski definition) is 3. The molecule has 0 unspecified atom stereocenters. The van der Waals surface area contributed by atoms with E-state index in [1.54, 1.807) is 7.11 Å². The number of guanidine groups is 1. The second-order valence-corrected chi connectivity index (χ2v) is 8.02. The van der Waals surface area contributed by atoms with Crippen LogP contribution in [0, 0.1) is 0 Å². The van der Waals surface area contributed by atoms with Gasteiger partial charge in [0, 0.05) is 19.6 Å². The van der Waals surface area contributed by atoms with Gasteiger partial charge in [0.2, 0.25) is 10.0 Å². The number of nitrogens with one attached hydrogen (secondary N) is 3. The first-order valence-electron chi connectivity index (χ1n) is 9.19. The lowest BCUT2D eigenvalue weighted by Crippen LogP contribution is -2.41. The minimum absolute atomic E-state index is 0.0349. The quantitative estimate of drug-likeness (QED) is 0.415. The molecule has 7 nitrogen and oxygen atoms in total. The highest BCUT2D eigenvalue weighted by Crippen LogP contribution is 2.11. The molecule has 0 fully saturated rings. The van der Waals surface area contributed by atoms with Crippen LogP contribution in [0.4, 0.5) is 0 Å². The Morgan fingerprint density at radius 2 is 1.71 bits per heavy atom. The van der Waals surface area contributed by atoms with E-state index in [2.05, 4.69) is 20.3 Å². The van der Waals surface area contributed by atoms with E-state index >= 15 is 0 Å². The van der Waals surface area contributed by atoms with Crippen molar-refractivity contribution < 1.29 is 13.2 Å². The van der Waals surface area contributed by atoms with Crippen molar-refractivity contribution in [3.8, 4) is 5.75 Å². The van der Waals surface area contributed by atoms with E-state index in [9.17, 15) is 8.42 Å². The van der Waals surface area contributed by atoms with Crippen LogP contribution < -0.4 is 20.1 Å². The van der Waals surface area contributed by atoms with Crippen LogP contribution in [0.5, 0.6) is 5.75 Å². The summed E-state index contributed by atoms with van der Waals surface area (Å²) >= 11 is 0. The molecule has 152 valence electrons. The number of sulfonamides is 1. The van der Waals surface area contributed by atoms with Crippen molar-refractivity contribution in [3.05, 3.63) is 65.7 Å². The number of ether oxygens (including phenoxy) is 1. The summed E-state index contributed by atoms with van der Waals surface area (Å²) in [6.07, 6.45) is 0. The summed E-state index contributed by atoms with van der Waals surface area (Å²) < 4.78 is 32.1. The van der Waals surface area contributed by atoms with Gasteiger partial charge in [0.25, 0.3) is 0 Å². The average molecular weight is 405 g/mol. The highest BCUT2D eigenvalue weighted by Gasteiger charge is 2.10. The van der Waals surface area contributed by atoms with Crippen LogP contribution in [0.25, 0.3) is 0 Å². The van der Waals surface area contributed by atoms with Crippen LogP contribution in [-0.2, 0) is 23.1 Å². The highest BCUT2D eigenvalue weighted by atomic mass is 32.2. The van der Waals surface area contributed by atoms with Crippen molar-refractivity contribution in [2.45, 2.75) is 20.0 Å². The summed E-state index contributed by atoms with van der Waals surface area (Å²) in [5.41, 5.74) is 1.96. The normalized spacial score (nSPS) is 11.9. The number of methoxy groups -OCH3 is 1. The lowest BCUT2D eigenvalue weighted by Gasteiger charge is -2.12. The van der Waals surface area contributed by atoms with Gasteiger partial charge in [0.1, 0.15) is 5.75 Å². The molecule has 28 heavy (non-hydrogen) atoms. The standard InChI is InChI=1S/C20H28N4O3S/c1-3-21-20(23-15-18-9-11-19(27-2)12-10-18)22-13-14-28(25,26)24-16-17-7-5-4-6-8-17/h4-12,24H,3,13-16H2,1-2H3,(H2,21,22,23). The molecule has 2 aromatic carbocycles. The summed E-state index contributed by atoms with van der Waals surface area (Å²) in [4.78, 5) is 4.49. The number of aliphatic imine (C=N–C) groups is 1. The van der Waals surface area contributed by atoms with E-state index in [1.807, 2.05) is 61.5 Å². The molecule has 0 amide bonds. The van der Waals surface area contributed by atoms with Gasteiger partial charge in [-0.1, -0.05) is 42.5 Å². The van der Waals surface area contributed by atoms with Gasteiger partial charge >= 0.3 is 0 Å². The molecule has 0 saturated carbocycles. The molecule has 2 rings (SSSR count). The number of nitrogens with zero attached hydrogens (tertiary/aromatic N) is 1. The zero-order valence-corrected chi connectivity index (χ0v) is 17.1. The molecular weight excluding hydrogens is 376 g/mol. The topological polar surface area (TPSA) is 91.8 Å². The summed E-state index contributed by atoms with van der Waals surface area (Å²) in [6.45, 7) is 3.68. The molecular formula is C20H28N4O3S. The van der Waals surface area contributed by atoms with E-state index in [0.29, 0.717) is 19.0 Å². The molecule has 8 heteroatoms. The van der Waals surface area contributed by atoms with Crippen LogP contribution in [0.2, 0.25) is 0 Å². The first-order valence-corrected chi connectivity index (χ1v) is 10.8. The van der Waals surface area contributed by atoms with Crippen molar-refractivity contribution in [3.63, 3.8) is 0 Å². The summed E-state index contributed by atoms with van der Waals surface area (Å²) in [6, 6.07) is 17.1. The highest BCUT2D eigenvalue weighted by molar-refractivity contribution is 7.89. The van der Waals surface area contributed by atoms with Crippen molar-refractivity contribution in [2.75, 3.05) is 26.0 Å². The fourth-order valence-corrected chi connectivity index (χ4v) is 3.31. The number of rotatable bonds is 10.